The first-order chi connectivity index (χ1) is 59.6. The Hall–Kier alpha value is -14.9. The molecule has 2 aliphatic rings. The van der Waals surface area contributed by atoms with Crippen molar-refractivity contribution in [3.05, 3.63) is 415 Å². The number of aryl methyl sites for hydroxylation is 5. The molecule has 584 valence electrons. The second kappa shape index (κ2) is 28.7. The summed E-state index contributed by atoms with van der Waals surface area (Å²) < 4.78 is 15.1. The lowest BCUT2D eigenvalue weighted by atomic mass is 9.82. The fourth-order valence-electron chi connectivity index (χ4n) is 20.2. The molecule has 24 aromatic rings. The normalized spacial score (nSPS) is 12.9. The van der Waals surface area contributed by atoms with Gasteiger partial charge in [-0.1, -0.05) is 288 Å². The van der Waals surface area contributed by atoms with Gasteiger partial charge in [-0.2, -0.15) is 0 Å². The van der Waals surface area contributed by atoms with Crippen LogP contribution in [0.5, 0.6) is 0 Å². The molecule has 0 N–H and O–H groups in total. The summed E-state index contributed by atoms with van der Waals surface area (Å²) in [6, 6.07) is 132. The van der Waals surface area contributed by atoms with Gasteiger partial charge in [0, 0.05) is 94.4 Å². The van der Waals surface area contributed by atoms with Gasteiger partial charge in [-0.3, -0.25) is 0 Å². The lowest BCUT2D eigenvalue weighted by Crippen LogP contribution is -2.14. The van der Waals surface area contributed by atoms with Crippen molar-refractivity contribution >= 4 is 152 Å². The van der Waals surface area contributed by atoms with Gasteiger partial charge in [-0.05, 0) is 236 Å². The van der Waals surface area contributed by atoms with Crippen LogP contribution in [0.4, 0.5) is 0 Å². The summed E-state index contributed by atoms with van der Waals surface area (Å²) in [4.78, 5) is 8.46. The van der Waals surface area contributed by atoms with E-state index in [1.165, 1.54) is 209 Å². The summed E-state index contributed by atoms with van der Waals surface area (Å²) in [6.45, 7) is 17.8. The number of furan rings is 1. The minimum atomic E-state index is 0.0190. The van der Waals surface area contributed by atoms with Crippen molar-refractivity contribution < 1.29 is 4.42 Å². The van der Waals surface area contributed by atoms with Gasteiger partial charge >= 0.3 is 0 Å². The molecule has 0 spiro atoms. The van der Waals surface area contributed by atoms with Gasteiger partial charge in [-0.25, -0.2) is 9.97 Å². The topological polar surface area (TPSA) is 58.6 Å². The molecular weight excluding hydrogens is 1480 g/mol. The van der Waals surface area contributed by atoms with Crippen LogP contribution < -0.4 is 0 Å². The van der Waals surface area contributed by atoms with E-state index in [2.05, 4.69) is 423 Å². The highest BCUT2D eigenvalue weighted by molar-refractivity contribution is 6.30. The third kappa shape index (κ3) is 11.8. The Labute approximate surface area is 707 Å². The van der Waals surface area contributed by atoms with Gasteiger partial charge in [0.25, 0.3) is 0 Å². The third-order valence-electron chi connectivity index (χ3n) is 26.1. The average Bonchev–Trinajstić information content (AvgIpc) is 1.57. The molecule has 0 atom stereocenters. The number of para-hydroxylation sites is 3. The number of benzene rings is 18. The van der Waals surface area contributed by atoms with Crippen LogP contribution in [0.15, 0.2) is 375 Å². The van der Waals surface area contributed by atoms with Crippen LogP contribution in [0, 0.1) is 27.7 Å². The molecule has 0 fully saturated rings. The molecule has 0 radical (unpaired) electrons. The van der Waals surface area contributed by atoms with Crippen LogP contribution in [-0.4, -0.2) is 28.2 Å². The molecule has 18 aromatic carbocycles. The van der Waals surface area contributed by atoms with E-state index in [1.54, 1.807) is 6.20 Å². The van der Waals surface area contributed by atoms with Crippen molar-refractivity contribution in [2.24, 2.45) is 7.05 Å². The first kappa shape index (κ1) is 73.5. The Morgan fingerprint density at radius 3 is 1.20 bits per heavy atom. The molecule has 2 aliphatic carbocycles. The van der Waals surface area contributed by atoms with Gasteiger partial charge in [0.1, 0.15) is 16.9 Å². The van der Waals surface area contributed by atoms with Crippen molar-refractivity contribution in [1.82, 2.24) is 28.2 Å². The van der Waals surface area contributed by atoms with E-state index in [-0.39, 0.29) is 10.8 Å². The van der Waals surface area contributed by atoms with Crippen molar-refractivity contribution in [3.8, 4) is 39.3 Å². The lowest BCUT2D eigenvalue weighted by Gasteiger charge is -2.21. The monoisotopic (exact) mass is 1570 g/mol. The second-order valence-electron chi connectivity index (χ2n) is 34.2. The Kier molecular flexibility index (Phi) is 17.3. The van der Waals surface area contributed by atoms with Crippen molar-refractivity contribution in [1.29, 1.82) is 0 Å². The van der Waals surface area contributed by atoms with Crippen LogP contribution in [0.1, 0.15) is 72.5 Å². The molecule has 0 aliphatic heterocycles. The quantitative estimate of drug-likeness (QED) is 0.177. The summed E-state index contributed by atoms with van der Waals surface area (Å²) in [6.07, 6.45) is 1.72. The maximum atomic E-state index is 5.58. The number of fused-ring (bicyclic) bond motifs is 29. The highest BCUT2D eigenvalue weighted by Crippen LogP contribution is 2.54. The van der Waals surface area contributed by atoms with E-state index in [1.807, 2.05) is 31.2 Å². The van der Waals surface area contributed by atoms with Crippen LogP contribution >= 0.6 is 0 Å². The highest BCUT2D eigenvalue weighted by Gasteiger charge is 2.38. The first-order valence-corrected chi connectivity index (χ1v) is 42.4. The maximum Gasteiger partial charge on any atom is 0.172 e. The minimum absolute atomic E-state index is 0.0190. The number of rotatable bonds is 3. The predicted molar refractivity (Wildman–Crippen MR) is 516 cm³/mol. The van der Waals surface area contributed by atoms with E-state index in [0.717, 1.165) is 27.9 Å². The molecule has 6 aromatic heterocycles. The van der Waals surface area contributed by atoms with E-state index in [4.69, 9.17) is 4.42 Å². The molecule has 0 saturated heterocycles. The summed E-state index contributed by atoms with van der Waals surface area (Å²) in [7, 11) is 2.16. The van der Waals surface area contributed by atoms with Crippen LogP contribution in [0.2, 0.25) is 0 Å². The Balaban J connectivity index is 0.0000000927. The SMILES string of the molecule is Cc1ccc(-n2c3ccc4ccccc4c3c3c4ccccc4ccc32)cc1.Cc1ccc2c(c1)c1cc3c(cc1n2-c1ccccc1)-c1ccccc1C3(C)C.Cc1cccc(-n2c3ccccc3c3cc4c(cc32)-c2ccccc2C4(C)C)c1.Cc1ncc2oc3ccccc3c2n1.Cn1c2ccc3ccccc3c2c2c3ccccc3ccc21. The summed E-state index contributed by atoms with van der Waals surface area (Å²) >= 11 is 0. The minimum Gasteiger partial charge on any atom is -0.453 e. The van der Waals surface area contributed by atoms with Crippen LogP contribution in [-0.2, 0) is 17.9 Å². The lowest BCUT2D eigenvalue weighted by molar-refractivity contribution is 0.661. The molecular formula is C115H88N6O. The van der Waals surface area contributed by atoms with E-state index in [9.17, 15) is 0 Å². The average molecular weight is 1570 g/mol. The van der Waals surface area contributed by atoms with Gasteiger partial charge < -0.3 is 22.7 Å². The van der Waals surface area contributed by atoms with Gasteiger partial charge in [-0.15, -0.1) is 0 Å². The van der Waals surface area contributed by atoms with E-state index < -0.39 is 0 Å². The summed E-state index contributed by atoms with van der Waals surface area (Å²) in [5, 5.41) is 22.3. The molecule has 7 nitrogen and oxygen atoms in total. The Bertz CT molecular complexity index is 8200. The van der Waals surface area contributed by atoms with Crippen LogP contribution in [0.3, 0.4) is 0 Å². The maximum absolute atomic E-state index is 5.58. The molecule has 6 heterocycles. The zero-order valence-corrected chi connectivity index (χ0v) is 69.8. The zero-order chi connectivity index (χ0) is 82.4. The molecule has 7 heteroatoms. The fraction of sp³-hybridized carbons (Fsp3) is 0.0957. The predicted octanol–water partition coefficient (Wildman–Crippen LogP) is 30.5. The second-order valence-corrected chi connectivity index (χ2v) is 34.2. The molecule has 0 amide bonds. The smallest absolute Gasteiger partial charge is 0.172 e. The molecule has 122 heavy (non-hydrogen) atoms. The van der Waals surface area contributed by atoms with E-state index in [0.29, 0.717) is 0 Å². The van der Waals surface area contributed by atoms with Crippen LogP contribution in [0.25, 0.3) is 192 Å². The Morgan fingerprint density at radius 2 is 0.648 bits per heavy atom. The molecule has 26 rings (SSSR count). The molecule has 0 saturated carbocycles. The fourth-order valence-corrected chi connectivity index (χ4v) is 20.2. The number of nitrogens with zero attached hydrogens (tertiary/aromatic N) is 6. The van der Waals surface area contributed by atoms with Gasteiger partial charge in [0.15, 0.2) is 5.58 Å². The van der Waals surface area contributed by atoms with Crippen molar-refractivity contribution in [3.63, 3.8) is 0 Å². The summed E-state index contributed by atoms with van der Waals surface area (Å²) in [5.41, 5.74) is 31.4. The number of aromatic nitrogens is 6. The summed E-state index contributed by atoms with van der Waals surface area (Å²) in [5.74, 6) is 0.768. The molecule has 0 unspecified atom stereocenters. The largest absolute Gasteiger partial charge is 0.453 e. The van der Waals surface area contributed by atoms with Gasteiger partial charge in [0.2, 0.25) is 0 Å². The molecule has 0 bridgehead atoms. The third-order valence-corrected chi connectivity index (χ3v) is 26.1. The number of hydrogen-bond donors (Lipinski definition) is 0. The van der Waals surface area contributed by atoms with Gasteiger partial charge in [0.05, 0.1) is 39.3 Å². The first-order valence-electron chi connectivity index (χ1n) is 42.4. The standard InChI is InChI=1S/2C28H23N.C27H19N.C21H15N.C11H8N2O/c1-18-9-8-10-19(15-18)29-26-14-7-5-12-21(26)23-16-25-22(17-27(23)29)20-11-4-6-13-24(20)28(25,2)3;1-18-13-14-26-22(15-18)23-16-25-21(20-11-7-8-12-24(20)28(25,2)3)17-27(23)29(26)19-9-5-4-6-10-19;1-18-10-14-21(15-11-18)28-24-16-12-19-6-2-4-8-22(19)26(24)27-23-9-5-3-7-20(23)13-17-25(27)28;1-22-18-12-10-14-6-2-4-8-16(14)20(18)21-17-9-5-3-7-15(17)11-13-19(21)22;1-7-12-6-10-11(13-7)8-4-2-3-5-9(8)14-10/h2*4-17H,1-3H3;2-17H,1H3;2-13H,1H3;2-6H,1H3. The van der Waals surface area contributed by atoms with Crippen molar-refractivity contribution in [2.45, 2.75) is 66.2 Å². The Morgan fingerprint density at radius 1 is 0.254 bits per heavy atom. The zero-order valence-electron chi connectivity index (χ0n) is 69.8. The highest BCUT2D eigenvalue weighted by atomic mass is 16.3. The van der Waals surface area contributed by atoms with E-state index >= 15 is 0 Å². The van der Waals surface area contributed by atoms with Crippen molar-refractivity contribution in [2.75, 3.05) is 0 Å². The number of hydrogen-bond acceptors (Lipinski definition) is 3.